The van der Waals surface area contributed by atoms with Gasteiger partial charge in [-0.25, -0.2) is 0 Å². The number of rotatable bonds is 2. The second-order valence-electron chi connectivity index (χ2n) is 6.75. The molecule has 0 radical (unpaired) electrons. The Bertz CT molecular complexity index is 586. The number of aromatic nitrogens is 1. The maximum atomic E-state index is 3.85. The van der Waals surface area contributed by atoms with Crippen molar-refractivity contribution in [1.29, 1.82) is 0 Å². The Hall–Kier alpha value is -1.24. The molecule has 1 aromatic heterocycles. The van der Waals surface area contributed by atoms with Crippen LogP contribution in [-0.4, -0.2) is 4.98 Å². The third-order valence-corrected chi connectivity index (χ3v) is 4.84. The van der Waals surface area contributed by atoms with E-state index in [0.29, 0.717) is 0 Å². The van der Waals surface area contributed by atoms with Gasteiger partial charge >= 0.3 is 0 Å². The predicted molar refractivity (Wildman–Crippen MR) is 89.2 cm³/mol. The third-order valence-electron chi connectivity index (χ3n) is 4.84. The van der Waals surface area contributed by atoms with E-state index in [1.54, 1.807) is 5.56 Å². The lowest BCUT2D eigenvalue weighted by molar-refractivity contribution is 0.312. The molecule has 1 heteroatoms. The first kappa shape index (κ1) is 15.2. The molecule has 1 aliphatic carbocycles. The smallest absolute Gasteiger partial charge is 0.0455 e. The van der Waals surface area contributed by atoms with Crippen molar-refractivity contribution in [3.05, 3.63) is 34.5 Å². The lowest BCUT2D eigenvalue weighted by Crippen LogP contribution is -2.27. The molecule has 2 rings (SSSR count). The van der Waals surface area contributed by atoms with Crippen molar-refractivity contribution in [3.8, 4) is 0 Å². The molecule has 1 aliphatic rings. The highest BCUT2D eigenvalue weighted by atomic mass is 14.7. The molecule has 20 heavy (non-hydrogen) atoms. The largest absolute Gasteiger partial charge is 0.358 e. The van der Waals surface area contributed by atoms with Crippen LogP contribution in [0.4, 0.5) is 0 Å². The van der Waals surface area contributed by atoms with Gasteiger partial charge in [-0.05, 0) is 49.0 Å². The van der Waals surface area contributed by atoms with Gasteiger partial charge in [0.2, 0.25) is 0 Å². The first-order valence-corrected chi connectivity index (χ1v) is 8.04. The molecular formula is C19H29N. The molecule has 1 N–H and O–H groups in total. The Kier molecular flexibility index (Phi) is 4.57. The normalized spacial score (nSPS) is 24.1. The number of nitrogens with one attached hydrogen (secondary N) is 1. The van der Waals surface area contributed by atoms with Crippen molar-refractivity contribution in [1.82, 2.24) is 4.98 Å². The van der Waals surface area contributed by atoms with Crippen LogP contribution in [0.3, 0.4) is 0 Å². The highest BCUT2D eigenvalue weighted by molar-refractivity contribution is 5.42. The highest BCUT2D eigenvalue weighted by Crippen LogP contribution is 2.36. The fourth-order valence-electron chi connectivity index (χ4n) is 3.83. The number of aromatic amines is 1. The Morgan fingerprint density at radius 3 is 2.75 bits per heavy atom. The number of fused-ring (bicyclic) bond motifs is 1. The second-order valence-corrected chi connectivity index (χ2v) is 6.75. The first-order chi connectivity index (χ1) is 9.53. The zero-order chi connectivity index (χ0) is 14.8. The van der Waals surface area contributed by atoms with Gasteiger partial charge in [-0.15, -0.1) is 0 Å². The summed E-state index contributed by atoms with van der Waals surface area (Å²) in [5.41, 5.74) is 3.23. The van der Waals surface area contributed by atoms with Crippen LogP contribution in [0.5, 0.6) is 0 Å². The van der Waals surface area contributed by atoms with Crippen LogP contribution >= 0.6 is 0 Å². The van der Waals surface area contributed by atoms with Gasteiger partial charge in [0.1, 0.15) is 0 Å². The van der Waals surface area contributed by atoms with E-state index in [-0.39, 0.29) is 5.41 Å². The van der Waals surface area contributed by atoms with Crippen LogP contribution in [-0.2, 0) is 11.8 Å². The molecule has 0 aromatic carbocycles. The zero-order valence-electron chi connectivity index (χ0n) is 13.6. The van der Waals surface area contributed by atoms with Crippen LogP contribution in [0.25, 0.3) is 12.2 Å². The van der Waals surface area contributed by atoms with Gasteiger partial charge in [-0.1, -0.05) is 52.3 Å². The fourth-order valence-corrected chi connectivity index (χ4v) is 3.83. The summed E-state index contributed by atoms with van der Waals surface area (Å²) in [5, 5.41) is 2.62. The van der Waals surface area contributed by atoms with E-state index in [1.807, 2.05) is 6.08 Å². The Labute approximate surface area is 123 Å². The molecule has 1 atom stereocenters. The third kappa shape index (κ3) is 2.77. The molecule has 0 amide bonds. The fraction of sp³-hybridized carbons (Fsp3) is 0.579. The van der Waals surface area contributed by atoms with E-state index in [2.05, 4.69) is 51.4 Å². The highest BCUT2D eigenvalue weighted by Gasteiger charge is 2.30. The average Bonchev–Trinajstić information content (AvgIpc) is 2.75. The van der Waals surface area contributed by atoms with Gasteiger partial charge < -0.3 is 4.98 Å². The molecule has 1 unspecified atom stereocenters. The summed E-state index contributed by atoms with van der Waals surface area (Å²) < 4.78 is 0. The molecule has 0 saturated carbocycles. The minimum Gasteiger partial charge on any atom is -0.358 e. The van der Waals surface area contributed by atoms with E-state index in [9.17, 15) is 0 Å². The number of H-pyrrole nitrogens is 1. The first-order valence-electron chi connectivity index (χ1n) is 8.04. The summed E-state index contributed by atoms with van der Waals surface area (Å²) in [7, 11) is 0. The predicted octanol–water partition coefficient (Wildman–Crippen LogP) is 3.81. The molecule has 0 fully saturated rings. The molecule has 110 valence electrons. The quantitative estimate of drug-likeness (QED) is 0.842. The van der Waals surface area contributed by atoms with E-state index in [0.717, 1.165) is 5.92 Å². The van der Waals surface area contributed by atoms with Crippen molar-refractivity contribution in [2.45, 2.75) is 65.2 Å². The van der Waals surface area contributed by atoms with E-state index < -0.39 is 0 Å². The summed E-state index contributed by atoms with van der Waals surface area (Å²) in [5.74, 6) is 0.863. The van der Waals surface area contributed by atoms with E-state index >= 15 is 0 Å². The zero-order valence-corrected chi connectivity index (χ0v) is 13.6. The van der Waals surface area contributed by atoms with Crippen molar-refractivity contribution >= 4 is 12.2 Å². The molecule has 0 spiro atoms. The van der Waals surface area contributed by atoms with Crippen molar-refractivity contribution in [2.75, 3.05) is 0 Å². The molecule has 0 bridgehead atoms. The van der Waals surface area contributed by atoms with E-state index in [4.69, 9.17) is 0 Å². The topological polar surface area (TPSA) is 15.8 Å². The summed E-state index contributed by atoms with van der Waals surface area (Å²) in [6, 6.07) is 0. The van der Waals surface area contributed by atoms with Crippen LogP contribution in [0.1, 0.15) is 64.6 Å². The molecule has 0 aliphatic heterocycles. The van der Waals surface area contributed by atoms with Gasteiger partial charge in [-0.2, -0.15) is 0 Å². The maximum absolute atomic E-state index is 3.85. The van der Waals surface area contributed by atoms with Crippen LogP contribution in [0.2, 0.25) is 0 Å². The standard InChI is InChI=1S/C19H29N/c1-6-10-17-15(8-3)16-12-9-11-14(7-2)13-19(4,5)18(16)20-17/h6,8,10,14,20H,1,7,9,11-13H2,2-5H3/b15-8-,17-10+. The number of hydrogen-bond acceptors (Lipinski definition) is 0. The Morgan fingerprint density at radius 2 is 2.15 bits per heavy atom. The van der Waals surface area contributed by atoms with Crippen molar-refractivity contribution in [2.24, 2.45) is 5.92 Å². The lowest BCUT2D eigenvalue weighted by atomic mass is 9.74. The summed E-state index contributed by atoms with van der Waals surface area (Å²) in [6.07, 6.45) is 12.7. The van der Waals surface area contributed by atoms with Gasteiger partial charge in [0.15, 0.2) is 0 Å². The Balaban J connectivity index is 2.62. The van der Waals surface area contributed by atoms with Gasteiger partial charge in [0.05, 0.1) is 0 Å². The Morgan fingerprint density at radius 1 is 1.40 bits per heavy atom. The van der Waals surface area contributed by atoms with Gasteiger partial charge in [-0.3, -0.25) is 0 Å². The maximum Gasteiger partial charge on any atom is 0.0455 e. The molecular weight excluding hydrogens is 242 g/mol. The van der Waals surface area contributed by atoms with Crippen molar-refractivity contribution in [3.63, 3.8) is 0 Å². The minimum atomic E-state index is 0.238. The summed E-state index contributed by atoms with van der Waals surface area (Å²) >= 11 is 0. The molecule has 1 nitrogen and oxygen atoms in total. The van der Waals surface area contributed by atoms with E-state index in [1.165, 1.54) is 48.4 Å². The lowest BCUT2D eigenvalue weighted by Gasteiger charge is -2.32. The van der Waals surface area contributed by atoms with Crippen molar-refractivity contribution < 1.29 is 0 Å². The molecule has 1 heterocycles. The SMILES string of the molecule is C=C/C=c1/[nH]c2c(/c1=C/C)CCCC(CC)CC2(C)C. The van der Waals surface area contributed by atoms with Crippen LogP contribution in [0, 0.1) is 5.92 Å². The minimum absolute atomic E-state index is 0.238. The monoisotopic (exact) mass is 271 g/mol. The van der Waals surface area contributed by atoms with Gasteiger partial charge in [0, 0.05) is 16.5 Å². The average molecular weight is 271 g/mol. The van der Waals surface area contributed by atoms with Crippen LogP contribution in [0.15, 0.2) is 12.7 Å². The second kappa shape index (κ2) is 6.03. The number of hydrogen-bond donors (Lipinski definition) is 1. The molecule has 0 saturated heterocycles. The summed E-state index contributed by atoms with van der Waals surface area (Å²) in [4.78, 5) is 3.70. The van der Waals surface area contributed by atoms with Crippen LogP contribution < -0.4 is 10.6 Å². The van der Waals surface area contributed by atoms with Gasteiger partial charge in [0.25, 0.3) is 0 Å². The molecule has 1 aromatic rings. The summed E-state index contributed by atoms with van der Waals surface area (Å²) in [6.45, 7) is 13.1. The number of allylic oxidation sites excluding steroid dienone is 1.